The van der Waals surface area contributed by atoms with E-state index in [-0.39, 0.29) is 0 Å². The van der Waals surface area contributed by atoms with E-state index in [1.54, 1.807) is 0 Å². The summed E-state index contributed by atoms with van der Waals surface area (Å²) in [6, 6.07) is 0. The molecule has 0 unspecified atom stereocenters. The van der Waals surface area contributed by atoms with Crippen LogP contribution in [0.15, 0.2) is 65.9 Å². The van der Waals surface area contributed by atoms with Crippen molar-refractivity contribution in [1.82, 2.24) is 21.0 Å². The molecule has 0 aromatic heterocycles. The van der Waals surface area contributed by atoms with Crippen molar-refractivity contribution in [3.8, 4) is 0 Å². The number of nitrogens with zero attached hydrogens (tertiary/aromatic N) is 3. The van der Waals surface area contributed by atoms with Gasteiger partial charge in [0.05, 0.1) is 23.7 Å². The Kier molecular flexibility index (Phi) is 3.66. The van der Waals surface area contributed by atoms with Gasteiger partial charge in [-0.1, -0.05) is 13.2 Å². The minimum absolute atomic E-state index is 0.649. The van der Waals surface area contributed by atoms with Crippen molar-refractivity contribution in [3.63, 3.8) is 0 Å². The van der Waals surface area contributed by atoms with E-state index in [1.807, 2.05) is 41.5 Å². The number of hydrazone groups is 1. The van der Waals surface area contributed by atoms with Crippen LogP contribution in [0, 0.1) is 5.92 Å². The lowest BCUT2D eigenvalue weighted by atomic mass is 10.2. The summed E-state index contributed by atoms with van der Waals surface area (Å²) in [6.45, 7) is 10.6. The highest BCUT2D eigenvalue weighted by atomic mass is 15.7. The lowest BCUT2D eigenvalue weighted by Crippen LogP contribution is -2.36. The van der Waals surface area contributed by atoms with Crippen molar-refractivity contribution in [3.05, 3.63) is 60.8 Å². The van der Waals surface area contributed by atoms with E-state index >= 15 is 0 Å². The average molecular weight is 283 g/mol. The average Bonchev–Trinajstić information content (AvgIpc) is 3.19. The Hall–Kier alpha value is -2.27. The standard InChI is InChI=1S/C16H21N5/c1-12(2)16-11-20(19-17-16)9-4-10-21-13(3)5-8-15(18-21)14-6-7-14/h4-5,8,10-11,14,17,19H,1,3,6-7,9H2,2H3. The summed E-state index contributed by atoms with van der Waals surface area (Å²) in [5, 5.41) is 8.43. The van der Waals surface area contributed by atoms with Crippen molar-refractivity contribution < 1.29 is 0 Å². The molecule has 1 aliphatic carbocycles. The topological polar surface area (TPSA) is 42.9 Å². The molecule has 0 aromatic carbocycles. The predicted octanol–water partition coefficient (Wildman–Crippen LogP) is 2.39. The van der Waals surface area contributed by atoms with Gasteiger partial charge in [0.2, 0.25) is 0 Å². The Bertz CT molecular complexity index is 577. The maximum Gasteiger partial charge on any atom is 0.0702 e. The minimum Gasteiger partial charge on any atom is -0.302 e. The number of hydrogen-bond acceptors (Lipinski definition) is 5. The van der Waals surface area contributed by atoms with Crippen LogP contribution in [0.25, 0.3) is 0 Å². The maximum atomic E-state index is 4.62. The lowest BCUT2D eigenvalue weighted by Gasteiger charge is -2.20. The summed E-state index contributed by atoms with van der Waals surface area (Å²) in [5.41, 5.74) is 10.2. The minimum atomic E-state index is 0.649. The van der Waals surface area contributed by atoms with Crippen LogP contribution in [0.3, 0.4) is 0 Å². The number of hydrogen-bond donors (Lipinski definition) is 2. The Morgan fingerprint density at radius 1 is 1.48 bits per heavy atom. The fourth-order valence-electron chi connectivity index (χ4n) is 2.13. The van der Waals surface area contributed by atoms with Gasteiger partial charge >= 0.3 is 0 Å². The molecule has 3 rings (SSSR count). The largest absolute Gasteiger partial charge is 0.302 e. The second-order valence-corrected chi connectivity index (χ2v) is 5.57. The van der Waals surface area contributed by atoms with E-state index in [1.165, 1.54) is 12.8 Å². The van der Waals surface area contributed by atoms with Crippen LogP contribution >= 0.6 is 0 Å². The van der Waals surface area contributed by atoms with E-state index in [2.05, 4.69) is 35.3 Å². The van der Waals surface area contributed by atoms with Crippen LogP contribution in [0.5, 0.6) is 0 Å². The van der Waals surface area contributed by atoms with Gasteiger partial charge in [-0.05, 0) is 43.6 Å². The van der Waals surface area contributed by atoms with Gasteiger partial charge in [-0.3, -0.25) is 5.01 Å². The number of hydrazine groups is 2. The molecule has 2 N–H and O–H groups in total. The highest BCUT2D eigenvalue weighted by Crippen LogP contribution is 2.33. The zero-order valence-electron chi connectivity index (χ0n) is 12.3. The second-order valence-electron chi connectivity index (χ2n) is 5.57. The smallest absolute Gasteiger partial charge is 0.0702 e. The fourth-order valence-corrected chi connectivity index (χ4v) is 2.13. The summed E-state index contributed by atoms with van der Waals surface area (Å²) in [5.74, 6) is 0.649. The van der Waals surface area contributed by atoms with Gasteiger partial charge in [0.15, 0.2) is 0 Å². The van der Waals surface area contributed by atoms with Crippen LogP contribution < -0.4 is 11.0 Å². The molecule has 110 valence electrons. The summed E-state index contributed by atoms with van der Waals surface area (Å²) in [7, 11) is 0. The summed E-state index contributed by atoms with van der Waals surface area (Å²) < 4.78 is 0. The van der Waals surface area contributed by atoms with Crippen LogP contribution in [-0.2, 0) is 0 Å². The highest BCUT2D eigenvalue weighted by molar-refractivity contribution is 5.99. The quantitative estimate of drug-likeness (QED) is 0.813. The summed E-state index contributed by atoms with van der Waals surface area (Å²) >= 11 is 0. The van der Waals surface area contributed by atoms with Crippen molar-refractivity contribution in [2.45, 2.75) is 19.8 Å². The molecule has 0 bridgehead atoms. The van der Waals surface area contributed by atoms with Gasteiger partial charge < -0.3 is 5.43 Å². The van der Waals surface area contributed by atoms with Crippen LogP contribution in [0.4, 0.5) is 0 Å². The first-order valence-electron chi connectivity index (χ1n) is 7.21. The summed E-state index contributed by atoms with van der Waals surface area (Å²) in [6.07, 6.45) is 12.6. The molecule has 1 fully saturated rings. The SMILES string of the molecule is C=C(C)C1=CN(CC=CN2N=C(C3CC3)C=CC2=C)NN1. The fraction of sp³-hybridized carbons (Fsp3) is 0.312. The van der Waals surface area contributed by atoms with Gasteiger partial charge in [-0.25, -0.2) is 5.01 Å². The molecule has 1 saturated carbocycles. The number of allylic oxidation sites excluding steroid dienone is 3. The van der Waals surface area contributed by atoms with Gasteiger partial charge in [-0.2, -0.15) is 5.10 Å². The van der Waals surface area contributed by atoms with E-state index in [4.69, 9.17) is 0 Å². The molecule has 2 aliphatic heterocycles. The van der Waals surface area contributed by atoms with Gasteiger partial charge in [0.1, 0.15) is 0 Å². The monoisotopic (exact) mass is 283 g/mol. The van der Waals surface area contributed by atoms with E-state index in [0.29, 0.717) is 5.92 Å². The molecule has 0 amide bonds. The molecule has 0 atom stereocenters. The van der Waals surface area contributed by atoms with E-state index in [0.717, 1.165) is 29.2 Å². The molecule has 0 saturated heterocycles. The Labute approximate surface area is 125 Å². The molecule has 21 heavy (non-hydrogen) atoms. The maximum absolute atomic E-state index is 4.62. The molecule has 0 radical (unpaired) electrons. The normalized spacial score (nSPS) is 21.7. The molecule has 0 spiro atoms. The van der Waals surface area contributed by atoms with Crippen LogP contribution in [-0.4, -0.2) is 22.3 Å². The van der Waals surface area contributed by atoms with Crippen molar-refractivity contribution in [1.29, 1.82) is 0 Å². The Balaban J connectivity index is 1.57. The van der Waals surface area contributed by atoms with E-state index in [9.17, 15) is 0 Å². The second kappa shape index (κ2) is 5.61. The number of rotatable bonds is 5. The summed E-state index contributed by atoms with van der Waals surface area (Å²) in [4.78, 5) is 0. The third kappa shape index (κ3) is 3.25. The molecule has 5 nitrogen and oxygen atoms in total. The van der Waals surface area contributed by atoms with Crippen molar-refractivity contribution in [2.24, 2.45) is 11.0 Å². The van der Waals surface area contributed by atoms with Crippen molar-refractivity contribution >= 4 is 5.71 Å². The molecule has 0 aromatic rings. The zero-order chi connectivity index (χ0) is 14.8. The third-order valence-corrected chi connectivity index (χ3v) is 3.59. The molecular formula is C16H21N5. The van der Waals surface area contributed by atoms with Crippen LogP contribution in [0.2, 0.25) is 0 Å². The van der Waals surface area contributed by atoms with Gasteiger partial charge in [0, 0.05) is 18.3 Å². The van der Waals surface area contributed by atoms with E-state index < -0.39 is 0 Å². The molecule has 5 heteroatoms. The van der Waals surface area contributed by atoms with Crippen molar-refractivity contribution in [2.75, 3.05) is 6.54 Å². The van der Waals surface area contributed by atoms with Crippen LogP contribution in [0.1, 0.15) is 19.8 Å². The Morgan fingerprint density at radius 3 is 2.95 bits per heavy atom. The molecular weight excluding hydrogens is 262 g/mol. The lowest BCUT2D eigenvalue weighted by molar-refractivity contribution is 0.297. The first kappa shape index (κ1) is 13.7. The first-order valence-corrected chi connectivity index (χ1v) is 7.21. The first-order chi connectivity index (χ1) is 10.1. The Morgan fingerprint density at radius 2 is 2.29 bits per heavy atom. The molecule has 3 aliphatic rings. The highest BCUT2D eigenvalue weighted by Gasteiger charge is 2.27. The molecule has 2 heterocycles. The zero-order valence-corrected chi connectivity index (χ0v) is 12.3. The number of nitrogens with one attached hydrogen (secondary N) is 2. The predicted molar refractivity (Wildman–Crippen MR) is 85.3 cm³/mol. The van der Waals surface area contributed by atoms with Gasteiger partial charge in [-0.15, -0.1) is 5.53 Å². The van der Waals surface area contributed by atoms with Gasteiger partial charge in [0.25, 0.3) is 0 Å². The third-order valence-electron chi connectivity index (χ3n) is 3.59.